The number of hydrogen-bond donors (Lipinski definition) is 0. The fraction of sp³-hybridized carbons (Fsp3) is 0.417. The predicted molar refractivity (Wildman–Crippen MR) is 66.6 cm³/mol. The van der Waals surface area contributed by atoms with E-state index in [1.165, 1.54) is 0 Å². The molecule has 0 aliphatic heterocycles. The Morgan fingerprint density at radius 2 is 2.06 bits per heavy atom. The van der Waals surface area contributed by atoms with Crippen LogP contribution < -0.4 is 4.74 Å². The van der Waals surface area contributed by atoms with E-state index in [0.29, 0.717) is 35.1 Å². The van der Waals surface area contributed by atoms with Crippen molar-refractivity contribution < 1.29 is 9.53 Å². The van der Waals surface area contributed by atoms with Crippen LogP contribution >= 0.6 is 23.2 Å². The molecule has 1 aromatic carbocycles. The number of carbonyl (C=O) groups excluding carboxylic acids is 1. The van der Waals surface area contributed by atoms with Gasteiger partial charge in [-0.3, -0.25) is 4.79 Å². The van der Waals surface area contributed by atoms with Gasteiger partial charge < -0.3 is 4.74 Å². The molecular formula is C12H14Cl2O2. The van der Waals surface area contributed by atoms with Crippen LogP contribution in [-0.4, -0.2) is 12.9 Å². The van der Waals surface area contributed by atoms with E-state index in [2.05, 4.69) is 0 Å². The number of carbonyl (C=O) groups is 1. The molecule has 16 heavy (non-hydrogen) atoms. The Morgan fingerprint density at radius 3 is 2.62 bits per heavy atom. The van der Waals surface area contributed by atoms with Crippen molar-refractivity contribution in [1.29, 1.82) is 0 Å². The smallest absolute Gasteiger partial charge is 0.140 e. The number of Topliss-reactive ketones (excluding diaryl/α,β-unsaturated/α-hetero) is 1. The van der Waals surface area contributed by atoms with E-state index >= 15 is 0 Å². The fourth-order valence-electron chi connectivity index (χ4n) is 1.48. The minimum absolute atomic E-state index is 0.221. The standard InChI is InChI=1S/C12H14Cl2O2/c1-3-10(15)5-4-8-6-9(13)7-11(14)12(8)16-2/h6-7H,3-5H2,1-2H3. The summed E-state index contributed by atoms with van der Waals surface area (Å²) in [7, 11) is 1.56. The molecule has 0 fully saturated rings. The molecule has 88 valence electrons. The number of ether oxygens (including phenoxy) is 1. The van der Waals surface area contributed by atoms with Crippen LogP contribution in [0.2, 0.25) is 10.0 Å². The Balaban J connectivity index is 2.89. The number of halogens is 2. The first-order valence-corrected chi connectivity index (χ1v) is 5.87. The summed E-state index contributed by atoms with van der Waals surface area (Å²) in [5, 5.41) is 1.04. The maximum atomic E-state index is 11.2. The third-order valence-corrected chi connectivity index (χ3v) is 2.86. The Labute approximate surface area is 106 Å². The minimum atomic E-state index is 0.221. The summed E-state index contributed by atoms with van der Waals surface area (Å²) in [5.74, 6) is 0.827. The Hall–Kier alpha value is -0.730. The van der Waals surface area contributed by atoms with Crippen LogP contribution in [0.1, 0.15) is 25.3 Å². The first-order chi connectivity index (χ1) is 7.58. The topological polar surface area (TPSA) is 26.3 Å². The van der Waals surface area contributed by atoms with Crippen LogP contribution in [0.25, 0.3) is 0 Å². The molecule has 0 saturated carbocycles. The quantitative estimate of drug-likeness (QED) is 0.803. The highest BCUT2D eigenvalue weighted by atomic mass is 35.5. The third-order valence-electron chi connectivity index (χ3n) is 2.36. The summed E-state index contributed by atoms with van der Waals surface area (Å²) in [6.45, 7) is 1.85. The first-order valence-electron chi connectivity index (χ1n) is 5.12. The average Bonchev–Trinajstić information content (AvgIpc) is 2.25. The van der Waals surface area contributed by atoms with Gasteiger partial charge in [-0.05, 0) is 24.1 Å². The molecule has 1 aromatic rings. The van der Waals surface area contributed by atoms with Crippen molar-refractivity contribution in [2.75, 3.05) is 7.11 Å². The van der Waals surface area contributed by atoms with Crippen LogP contribution in [0, 0.1) is 0 Å². The summed E-state index contributed by atoms with van der Waals surface area (Å²) in [6, 6.07) is 3.42. The minimum Gasteiger partial charge on any atom is -0.495 e. The monoisotopic (exact) mass is 260 g/mol. The van der Waals surface area contributed by atoms with Gasteiger partial charge in [-0.1, -0.05) is 30.1 Å². The van der Waals surface area contributed by atoms with E-state index in [1.807, 2.05) is 6.92 Å². The lowest BCUT2D eigenvalue weighted by atomic mass is 10.1. The number of methoxy groups -OCH3 is 1. The summed E-state index contributed by atoms with van der Waals surface area (Å²) >= 11 is 11.9. The molecule has 0 saturated heterocycles. The maximum Gasteiger partial charge on any atom is 0.140 e. The van der Waals surface area contributed by atoms with Crippen molar-refractivity contribution in [3.8, 4) is 5.75 Å². The normalized spacial score (nSPS) is 10.2. The second-order valence-electron chi connectivity index (χ2n) is 3.47. The van der Waals surface area contributed by atoms with E-state index in [-0.39, 0.29) is 5.78 Å². The average molecular weight is 261 g/mol. The highest BCUT2D eigenvalue weighted by Gasteiger charge is 2.10. The molecule has 0 aliphatic rings. The lowest BCUT2D eigenvalue weighted by molar-refractivity contribution is -0.118. The third kappa shape index (κ3) is 3.39. The van der Waals surface area contributed by atoms with Gasteiger partial charge in [0.1, 0.15) is 11.5 Å². The van der Waals surface area contributed by atoms with Gasteiger partial charge in [0.05, 0.1) is 12.1 Å². The van der Waals surface area contributed by atoms with Gasteiger partial charge in [0.2, 0.25) is 0 Å². The zero-order valence-electron chi connectivity index (χ0n) is 9.35. The van der Waals surface area contributed by atoms with E-state index in [4.69, 9.17) is 27.9 Å². The van der Waals surface area contributed by atoms with Crippen molar-refractivity contribution in [2.24, 2.45) is 0 Å². The largest absolute Gasteiger partial charge is 0.495 e. The summed E-state index contributed by atoms with van der Waals surface area (Å²) in [5.41, 5.74) is 0.877. The second kappa shape index (κ2) is 6.12. The van der Waals surface area contributed by atoms with Crippen molar-refractivity contribution in [1.82, 2.24) is 0 Å². The SMILES string of the molecule is CCC(=O)CCc1cc(Cl)cc(Cl)c1OC. The summed E-state index contributed by atoms with van der Waals surface area (Å²) in [4.78, 5) is 11.2. The van der Waals surface area contributed by atoms with Gasteiger partial charge in [0, 0.05) is 17.9 Å². The van der Waals surface area contributed by atoms with E-state index in [9.17, 15) is 4.79 Å². The molecule has 0 atom stereocenters. The van der Waals surface area contributed by atoms with Gasteiger partial charge in [-0.25, -0.2) is 0 Å². The Bertz CT molecular complexity index is 389. The number of benzene rings is 1. The van der Waals surface area contributed by atoms with Crippen LogP contribution in [0.15, 0.2) is 12.1 Å². The van der Waals surface area contributed by atoms with Gasteiger partial charge >= 0.3 is 0 Å². The van der Waals surface area contributed by atoms with Crippen LogP contribution in [0.5, 0.6) is 5.75 Å². The van der Waals surface area contributed by atoms with Crippen molar-refractivity contribution >= 4 is 29.0 Å². The van der Waals surface area contributed by atoms with E-state index in [1.54, 1.807) is 19.2 Å². The number of hydrogen-bond acceptors (Lipinski definition) is 2. The van der Waals surface area contributed by atoms with Crippen LogP contribution in [-0.2, 0) is 11.2 Å². The zero-order chi connectivity index (χ0) is 12.1. The van der Waals surface area contributed by atoms with Crippen LogP contribution in [0.3, 0.4) is 0 Å². The van der Waals surface area contributed by atoms with Crippen molar-refractivity contribution in [3.63, 3.8) is 0 Å². The Kier molecular flexibility index (Phi) is 5.10. The number of aryl methyl sites for hydroxylation is 1. The lowest BCUT2D eigenvalue weighted by Crippen LogP contribution is -2.00. The number of rotatable bonds is 5. The molecule has 0 radical (unpaired) electrons. The maximum absolute atomic E-state index is 11.2. The van der Waals surface area contributed by atoms with Gasteiger partial charge in [-0.2, -0.15) is 0 Å². The van der Waals surface area contributed by atoms with Gasteiger partial charge in [0.25, 0.3) is 0 Å². The molecule has 0 bridgehead atoms. The molecule has 0 amide bonds. The molecule has 4 heteroatoms. The summed E-state index contributed by atoms with van der Waals surface area (Å²) in [6.07, 6.45) is 1.65. The molecule has 1 rings (SSSR count). The van der Waals surface area contributed by atoms with Gasteiger partial charge in [0.15, 0.2) is 0 Å². The predicted octanol–water partition coefficient (Wildman–Crippen LogP) is 3.91. The van der Waals surface area contributed by atoms with Crippen molar-refractivity contribution in [2.45, 2.75) is 26.2 Å². The van der Waals surface area contributed by atoms with Crippen molar-refractivity contribution in [3.05, 3.63) is 27.7 Å². The highest BCUT2D eigenvalue weighted by Crippen LogP contribution is 2.32. The summed E-state index contributed by atoms with van der Waals surface area (Å²) < 4.78 is 5.20. The molecule has 0 aliphatic carbocycles. The van der Waals surface area contributed by atoms with Gasteiger partial charge in [-0.15, -0.1) is 0 Å². The molecule has 0 aromatic heterocycles. The zero-order valence-corrected chi connectivity index (χ0v) is 10.9. The van der Waals surface area contributed by atoms with E-state index < -0.39 is 0 Å². The molecular weight excluding hydrogens is 247 g/mol. The lowest BCUT2D eigenvalue weighted by Gasteiger charge is -2.10. The molecule has 0 N–H and O–H groups in total. The second-order valence-corrected chi connectivity index (χ2v) is 4.32. The fourth-order valence-corrected chi connectivity index (χ4v) is 2.09. The first kappa shape index (κ1) is 13.3. The number of ketones is 1. The molecule has 0 spiro atoms. The molecule has 2 nitrogen and oxygen atoms in total. The molecule has 0 heterocycles. The van der Waals surface area contributed by atoms with E-state index in [0.717, 1.165) is 5.56 Å². The van der Waals surface area contributed by atoms with Crippen LogP contribution in [0.4, 0.5) is 0 Å². The Morgan fingerprint density at radius 1 is 1.38 bits per heavy atom. The molecule has 0 unspecified atom stereocenters. The highest BCUT2D eigenvalue weighted by molar-refractivity contribution is 6.35.